The highest BCUT2D eigenvalue weighted by Crippen LogP contribution is 2.47. The minimum absolute atomic E-state index is 0.0555. The average Bonchev–Trinajstić information content (AvgIpc) is 3.22. The van der Waals surface area contributed by atoms with E-state index in [1.807, 2.05) is 48.5 Å². The molecule has 0 aliphatic carbocycles. The number of para-hydroxylation sites is 2. The van der Waals surface area contributed by atoms with Gasteiger partial charge < -0.3 is 19.7 Å². The molecule has 3 aliphatic rings. The molecule has 2 atom stereocenters. The summed E-state index contributed by atoms with van der Waals surface area (Å²) in [4.78, 5) is 28.5. The molecule has 2 unspecified atom stereocenters. The fraction of sp³-hybridized carbons (Fsp3) is 0.533. The van der Waals surface area contributed by atoms with E-state index in [9.17, 15) is 18.0 Å². The van der Waals surface area contributed by atoms with Gasteiger partial charge in [-0.3, -0.25) is 9.10 Å². The number of likely N-dealkylation sites (tertiary alicyclic amines) is 1. The Hall–Kier alpha value is -3.27. The number of ether oxygens (including phenoxy) is 2. The second-order valence-corrected chi connectivity index (χ2v) is 14.2. The zero-order chi connectivity index (χ0) is 28.7. The van der Waals surface area contributed by atoms with Crippen LogP contribution in [-0.4, -0.2) is 69.5 Å². The molecule has 2 amide bonds. The standard InChI is InChI=1S/C30H39N3O6S/c1-29(2,3)39-28(35)31-24(18-21-17-22-9-5-8-12-26(22)38-19-21)27(34)32-15-13-30(14-16-32)20-33(40(4,36)37)25-11-7-6-10-23(25)30/h5-12,21,24H,13-20H2,1-4H3,(H,31,35). The number of hydrogen-bond acceptors (Lipinski definition) is 6. The third-order valence-electron chi connectivity index (χ3n) is 8.14. The lowest BCUT2D eigenvalue weighted by Crippen LogP contribution is -2.55. The summed E-state index contributed by atoms with van der Waals surface area (Å²) in [5, 5.41) is 2.85. The maximum absolute atomic E-state index is 13.9. The minimum Gasteiger partial charge on any atom is -0.493 e. The van der Waals surface area contributed by atoms with Crippen molar-refractivity contribution >= 4 is 27.7 Å². The van der Waals surface area contributed by atoms with Gasteiger partial charge in [-0.05, 0) is 75.6 Å². The Kier molecular flexibility index (Phi) is 7.50. The van der Waals surface area contributed by atoms with E-state index < -0.39 is 27.8 Å². The van der Waals surface area contributed by atoms with Gasteiger partial charge in [0.15, 0.2) is 0 Å². The number of alkyl carbamates (subject to hydrolysis) is 1. The van der Waals surface area contributed by atoms with Crippen LogP contribution in [0.2, 0.25) is 0 Å². The van der Waals surface area contributed by atoms with E-state index in [4.69, 9.17) is 9.47 Å². The number of carbonyl (C=O) groups excluding carboxylic acids is 2. The highest BCUT2D eigenvalue weighted by molar-refractivity contribution is 7.92. The Bertz CT molecular complexity index is 1380. The van der Waals surface area contributed by atoms with Crippen LogP contribution in [0, 0.1) is 5.92 Å². The lowest BCUT2D eigenvalue weighted by atomic mass is 9.74. The third kappa shape index (κ3) is 5.92. The average molecular weight is 570 g/mol. The summed E-state index contributed by atoms with van der Waals surface area (Å²) >= 11 is 0. The van der Waals surface area contributed by atoms with Gasteiger partial charge in [-0.25, -0.2) is 13.2 Å². The van der Waals surface area contributed by atoms with Crippen LogP contribution in [0.3, 0.4) is 0 Å². The number of rotatable bonds is 5. The predicted molar refractivity (Wildman–Crippen MR) is 153 cm³/mol. The van der Waals surface area contributed by atoms with Crippen molar-refractivity contribution in [2.45, 2.75) is 63.5 Å². The molecular formula is C30H39N3O6S. The lowest BCUT2D eigenvalue weighted by molar-refractivity contribution is -0.135. The van der Waals surface area contributed by atoms with E-state index in [0.717, 1.165) is 29.0 Å². The van der Waals surface area contributed by atoms with Crippen LogP contribution in [0.1, 0.15) is 51.2 Å². The highest BCUT2D eigenvalue weighted by atomic mass is 32.2. The van der Waals surface area contributed by atoms with E-state index in [1.54, 1.807) is 25.7 Å². The number of anilines is 1. The monoisotopic (exact) mass is 569 g/mol. The predicted octanol–water partition coefficient (Wildman–Crippen LogP) is 3.86. The summed E-state index contributed by atoms with van der Waals surface area (Å²) in [5.41, 5.74) is 1.81. The number of benzene rings is 2. The van der Waals surface area contributed by atoms with Crippen LogP contribution in [-0.2, 0) is 31.4 Å². The van der Waals surface area contributed by atoms with Crippen molar-refractivity contribution in [3.05, 3.63) is 59.7 Å². The van der Waals surface area contributed by atoms with Crippen LogP contribution in [0.5, 0.6) is 5.75 Å². The summed E-state index contributed by atoms with van der Waals surface area (Å²) in [6, 6.07) is 14.8. The second-order valence-electron chi connectivity index (χ2n) is 12.3. The molecule has 3 aliphatic heterocycles. The molecule has 5 rings (SSSR count). The van der Waals surface area contributed by atoms with E-state index in [0.29, 0.717) is 45.5 Å². The number of nitrogens with one attached hydrogen (secondary N) is 1. The highest BCUT2D eigenvalue weighted by Gasteiger charge is 2.48. The Balaban J connectivity index is 1.31. The van der Waals surface area contributed by atoms with Crippen LogP contribution in [0.25, 0.3) is 0 Å². The van der Waals surface area contributed by atoms with Gasteiger partial charge >= 0.3 is 6.09 Å². The molecular weight excluding hydrogens is 530 g/mol. The Morgan fingerprint density at radius 2 is 1.77 bits per heavy atom. The first-order valence-electron chi connectivity index (χ1n) is 13.9. The van der Waals surface area contributed by atoms with Crippen molar-refractivity contribution < 1.29 is 27.5 Å². The summed E-state index contributed by atoms with van der Waals surface area (Å²) in [7, 11) is -3.42. The summed E-state index contributed by atoms with van der Waals surface area (Å²) < 4.78 is 38.1. The molecule has 2 aromatic rings. The van der Waals surface area contributed by atoms with Gasteiger partial charge in [0.1, 0.15) is 17.4 Å². The normalized spacial score (nSPS) is 20.8. The van der Waals surface area contributed by atoms with Crippen molar-refractivity contribution in [3.8, 4) is 5.75 Å². The molecule has 1 N–H and O–H groups in total. The molecule has 1 fully saturated rings. The summed E-state index contributed by atoms with van der Waals surface area (Å²) in [5.74, 6) is 0.772. The molecule has 2 aromatic carbocycles. The topological polar surface area (TPSA) is 105 Å². The second kappa shape index (κ2) is 10.6. The first-order chi connectivity index (χ1) is 18.8. The molecule has 0 radical (unpaired) electrons. The van der Waals surface area contributed by atoms with Crippen molar-refractivity contribution in [1.29, 1.82) is 0 Å². The summed E-state index contributed by atoms with van der Waals surface area (Å²) in [6.45, 7) is 7.17. The summed E-state index contributed by atoms with van der Waals surface area (Å²) in [6.07, 6.45) is 3.09. The van der Waals surface area contributed by atoms with E-state index in [2.05, 4.69) is 5.32 Å². The molecule has 0 aromatic heterocycles. The molecule has 0 bridgehead atoms. The number of piperidine rings is 1. The molecule has 40 heavy (non-hydrogen) atoms. The molecule has 10 heteroatoms. The SMILES string of the molecule is CC(C)(C)OC(=O)NC(CC1COc2ccccc2C1)C(=O)N1CCC2(CC1)CN(S(C)(=O)=O)c1ccccc12. The molecule has 1 spiro atoms. The van der Waals surface area contributed by atoms with Gasteiger partial charge in [-0.2, -0.15) is 0 Å². The van der Waals surface area contributed by atoms with Crippen molar-refractivity contribution in [3.63, 3.8) is 0 Å². The number of sulfonamides is 1. The Labute approximate surface area is 236 Å². The Morgan fingerprint density at radius 1 is 1.10 bits per heavy atom. The van der Waals surface area contributed by atoms with Crippen LogP contribution >= 0.6 is 0 Å². The first-order valence-corrected chi connectivity index (χ1v) is 15.8. The van der Waals surface area contributed by atoms with Gasteiger partial charge in [0.25, 0.3) is 0 Å². The van der Waals surface area contributed by atoms with E-state index in [-0.39, 0.29) is 17.2 Å². The number of fused-ring (bicyclic) bond motifs is 3. The van der Waals surface area contributed by atoms with Gasteiger partial charge in [-0.1, -0.05) is 36.4 Å². The van der Waals surface area contributed by atoms with Gasteiger partial charge in [0.2, 0.25) is 15.9 Å². The molecule has 9 nitrogen and oxygen atoms in total. The number of carbonyl (C=O) groups is 2. The Morgan fingerprint density at radius 3 is 2.48 bits per heavy atom. The van der Waals surface area contributed by atoms with Gasteiger partial charge in [0, 0.05) is 25.0 Å². The molecule has 3 heterocycles. The third-order valence-corrected chi connectivity index (χ3v) is 9.26. The van der Waals surface area contributed by atoms with Gasteiger partial charge in [-0.15, -0.1) is 0 Å². The van der Waals surface area contributed by atoms with E-state index in [1.165, 1.54) is 10.6 Å². The first kappa shape index (κ1) is 28.3. The van der Waals surface area contributed by atoms with Crippen molar-refractivity contribution in [1.82, 2.24) is 10.2 Å². The molecule has 216 valence electrons. The van der Waals surface area contributed by atoms with Gasteiger partial charge in [0.05, 0.1) is 18.6 Å². The zero-order valence-electron chi connectivity index (χ0n) is 23.7. The maximum atomic E-state index is 13.9. The fourth-order valence-corrected chi connectivity index (χ4v) is 7.23. The van der Waals surface area contributed by atoms with Crippen molar-refractivity contribution in [2.75, 3.05) is 36.8 Å². The minimum atomic E-state index is -3.42. The number of nitrogens with zero attached hydrogens (tertiary/aromatic N) is 2. The fourth-order valence-electron chi connectivity index (χ4n) is 6.23. The van der Waals surface area contributed by atoms with Crippen molar-refractivity contribution in [2.24, 2.45) is 5.92 Å². The molecule has 1 saturated heterocycles. The van der Waals surface area contributed by atoms with Crippen LogP contribution in [0.4, 0.5) is 10.5 Å². The molecule has 0 saturated carbocycles. The van der Waals surface area contributed by atoms with E-state index >= 15 is 0 Å². The zero-order valence-corrected chi connectivity index (χ0v) is 24.5. The quantitative estimate of drug-likeness (QED) is 0.586. The largest absolute Gasteiger partial charge is 0.493 e. The van der Waals surface area contributed by atoms with Crippen LogP contribution < -0.4 is 14.4 Å². The lowest BCUT2D eigenvalue weighted by Gasteiger charge is -2.41. The number of hydrogen-bond donors (Lipinski definition) is 1. The van der Waals surface area contributed by atoms with Crippen LogP contribution in [0.15, 0.2) is 48.5 Å². The number of amides is 2. The smallest absolute Gasteiger partial charge is 0.408 e. The maximum Gasteiger partial charge on any atom is 0.408 e.